The summed E-state index contributed by atoms with van der Waals surface area (Å²) in [5.41, 5.74) is 6.86. The predicted octanol–water partition coefficient (Wildman–Crippen LogP) is 7.59. The molecular formula is C34H36BrN3O4. The number of benzene rings is 3. The number of aryl methyl sites for hydroxylation is 3. The third-order valence-electron chi connectivity index (χ3n) is 8.03. The molecule has 42 heavy (non-hydrogen) atoms. The number of nitrogens with zero attached hydrogens (tertiary/aromatic N) is 3. The molecule has 3 aromatic carbocycles. The van der Waals surface area contributed by atoms with Gasteiger partial charge in [-0.3, -0.25) is 4.68 Å². The summed E-state index contributed by atoms with van der Waals surface area (Å²) in [5.74, 6) is 0.606. The first-order valence-corrected chi connectivity index (χ1v) is 15.8. The number of halogens is 1. The SMILES string of the molecule is CCOC(=O)c1c(CCCOc2cccc3ccccc23)c2cccc3c2n1CCCCOCc1c-3c(CBr)nn1C. The Bertz CT molecular complexity index is 1730. The van der Waals surface area contributed by atoms with Gasteiger partial charge in [-0.25, -0.2) is 4.79 Å². The molecule has 0 atom stereocenters. The average molecular weight is 631 g/mol. The second kappa shape index (κ2) is 12.7. The van der Waals surface area contributed by atoms with E-state index in [1.54, 1.807) is 0 Å². The van der Waals surface area contributed by atoms with Crippen molar-refractivity contribution in [2.24, 2.45) is 7.05 Å². The zero-order valence-corrected chi connectivity index (χ0v) is 25.8. The van der Waals surface area contributed by atoms with Crippen molar-refractivity contribution in [1.82, 2.24) is 14.3 Å². The van der Waals surface area contributed by atoms with Crippen molar-refractivity contribution in [3.8, 4) is 16.9 Å². The molecule has 0 radical (unpaired) electrons. The summed E-state index contributed by atoms with van der Waals surface area (Å²) < 4.78 is 22.1. The van der Waals surface area contributed by atoms with E-state index in [2.05, 4.69) is 56.9 Å². The van der Waals surface area contributed by atoms with Crippen LogP contribution in [0.4, 0.5) is 0 Å². The first-order chi connectivity index (χ1) is 20.6. The topological polar surface area (TPSA) is 67.5 Å². The van der Waals surface area contributed by atoms with Gasteiger partial charge >= 0.3 is 5.97 Å². The van der Waals surface area contributed by atoms with Crippen molar-refractivity contribution in [2.45, 2.75) is 51.1 Å². The molecule has 2 aromatic heterocycles. The molecule has 0 aliphatic carbocycles. The van der Waals surface area contributed by atoms with Gasteiger partial charge in [-0.2, -0.15) is 5.10 Å². The van der Waals surface area contributed by atoms with Crippen LogP contribution in [0.25, 0.3) is 32.8 Å². The number of hydrogen-bond acceptors (Lipinski definition) is 5. The molecule has 0 fully saturated rings. The maximum absolute atomic E-state index is 13.6. The van der Waals surface area contributed by atoms with E-state index in [1.165, 1.54) is 0 Å². The largest absolute Gasteiger partial charge is 0.493 e. The van der Waals surface area contributed by atoms with Gasteiger partial charge in [0.2, 0.25) is 0 Å². The predicted molar refractivity (Wildman–Crippen MR) is 169 cm³/mol. The van der Waals surface area contributed by atoms with E-state index in [4.69, 9.17) is 19.3 Å². The van der Waals surface area contributed by atoms with Crippen LogP contribution in [0.1, 0.15) is 53.6 Å². The summed E-state index contributed by atoms with van der Waals surface area (Å²) >= 11 is 3.66. The molecule has 0 saturated heterocycles. The average Bonchev–Trinajstić information content (AvgIpc) is 3.49. The van der Waals surface area contributed by atoms with E-state index in [9.17, 15) is 4.79 Å². The van der Waals surface area contributed by atoms with E-state index >= 15 is 0 Å². The molecule has 0 saturated carbocycles. The minimum Gasteiger partial charge on any atom is -0.493 e. The summed E-state index contributed by atoms with van der Waals surface area (Å²) in [7, 11) is 1.97. The van der Waals surface area contributed by atoms with Crippen LogP contribution in [0.15, 0.2) is 60.7 Å². The highest BCUT2D eigenvalue weighted by Gasteiger charge is 2.28. The number of ether oxygens (including phenoxy) is 3. The lowest BCUT2D eigenvalue weighted by atomic mass is 9.98. The fourth-order valence-electron chi connectivity index (χ4n) is 6.18. The van der Waals surface area contributed by atoms with E-state index in [1.807, 2.05) is 42.9 Å². The lowest BCUT2D eigenvalue weighted by Gasteiger charge is -2.13. The summed E-state index contributed by atoms with van der Waals surface area (Å²) in [5, 5.41) is 8.78. The van der Waals surface area contributed by atoms with E-state index in [0.29, 0.717) is 50.4 Å². The smallest absolute Gasteiger partial charge is 0.355 e. The van der Waals surface area contributed by atoms with Gasteiger partial charge in [-0.05, 0) is 49.6 Å². The quantitative estimate of drug-likeness (QED) is 0.100. The maximum atomic E-state index is 13.6. The van der Waals surface area contributed by atoms with Gasteiger partial charge in [0.1, 0.15) is 11.4 Å². The number of fused-ring (bicyclic) bond motifs is 3. The minimum atomic E-state index is -0.275. The number of carbonyl (C=O) groups is 1. The van der Waals surface area contributed by atoms with Crippen LogP contribution >= 0.6 is 15.9 Å². The monoisotopic (exact) mass is 629 g/mol. The van der Waals surface area contributed by atoms with Crippen LogP contribution in [0, 0.1) is 0 Å². The van der Waals surface area contributed by atoms with Gasteiger partial charge in [0.25, 0.3) is 0 Å². The molecule has 1 aliphatic rings. The molecule has 3 heterocycles. The first kappa shape index (κ1) is 28.5. The normalized spacial score (nSPS) is 13.6. The Balaban J connectivity index is 1.43. The summed E-state index contributed by atoms with van der Waals surface area (Å²) in [6.07, 6.45) is 3.25. The molecule has 5 aromatic rings. The Labute approximate surface area is 254 Å². The van der Waals surface area contributed by atoms with Crippen LogP contribution in [0.5, 0.6) is 5.75 Å². The first-order valence-electron chi connectivity index (χ1n) is 14.7. The Morgan fingerprint density at radius 3 is 2.71 bits per heavy atom. The summed E-state index contributed by atoms with van der Waals surface area (Å²) in [6.45, 7) is 4.58. The van der Waals surface area contributed by atoms with E-state index in [0.717, 1.165) is 74.8 Å². The van der Waals surface area contributed by atoms with Gasteiger partial charge < -0.3 is 18.8 Å². The Kier molecular flexibility index (Phi) is 8.63. The molecule has 218 valence electrons. The van der Waals surface area contributed by atoms with Crippen molar-refractivity contribution in [1.29, 1.82) is 0 Å². The van der Waals surface area contributed by atoms with Crippen molar-refractivity contribution >= 4 is 43.6 Å². The van der Waals surface area contributed by atoms with Crippen molar-refractivity contribution in [3.63, 3.8) is 0 Å². The molecule has 0 amide bonds. The standard InChI is InChI=1S/C34H36BrN3O4/c1-3-41-34(39)33-26(16-10-20-42-30-17-8-12-23-11-4-5-13-24(23)30)25-14-9-15-27-31-28(21-35)36-37(2)29(31)22-40-19-7-6-18-38(33)32(25)27/h4-5,8-9,11-15,17H,3,6-7,10,16,18-22H2,1-2H3. The molecule has 1 aliphatic heterocycles. The van der Waals surface area contributed by atoms with Crippen LogP contribution in [-0.2, 0) is 41.4 Å². The molecule has 0 unspecified atom stereocenters. The molecular weight excluding hydrogens is 594 g/mol. The molecule has 0 N–H and O–H groups in total. The fourth-order valence-corrected chi connectivity index (χ4v) is 6.57. The molecule has 6 rings (SSSR count). The van der Waals surface area contributed by atoms with Gasteiger partial charge in [-0.15, -0.1) is 0 Å². The third kappa shape index (κ3) is 5.34. The Morgan fingerprint density at radius 1 is 1.05 bits per heavy atom. The number of alkyl halides is 1. The molecule has 0 spiro atoms. The zero-order valence-electron chi connectivity index (χ0n) is 24.2. The van der Waals surface area contributed by atoms with Gasteiger partial charge in [0.15, 0.2) is 0 Å². The number of rotatable bonds is 8. The van der Waals surface area contributed by atoms with Gasteiger partial charge in [-0.1, -0.05) is 70.5 Å². The summed E-state index contributed by atoms with van der Waals surface area (Å²) in [4.78, 5) is 13.6. The van der Waals surface area contributed by atoms with Crippen molar-refractivity contribution in [3.05, 3.63) is 83.3 Å². The highest BCUT2D eigenvalue weighted by atomic mass is 79.9. The maximum Gasteiger partial charge on any atom is 0.355 e. The van der Waals surface area contributed by atoms with Crippen LogP contribution in [-0.4, -0.2) is 40.1 Å². The van der Waals surface area contributed by atoms with Crippen LogP contribution in [0.3, 0.4) is 0 Å². The van der Waals surface area contributed by atoms with Crippen molar-refractivity contribution < 1.29 is 19.0 Å². The summed E-state index contributed by atoms with van der Waals surface area (Å²) in [6, 6.07) is 20.8. The number of para-hydroxylation sites is 1. The van der Waals surface area contributed by atoms with Crippen LogP contribution < -0.4 is 4.74 Å². The Hall–Kier alpha value is -3.62. The van der Waals surface area contributed by atoms with E-state index in [-0.39, 0.29) is 5.97 Å². The zero-order chi connectivity index (χ0) is 29.1. The fraction of sp³-hybridized carbons (Fsp3) is 0.353. The van der Waals surface area contributed by atoms with Crippen LogP contribution in [0.2, 0.25) is 0 Å². The van der Waals surface area contributed by atoms with Crippen molar-refractivity contribution in [2.75, 3.05) is 19.8 Å². The number of hydrogen-bond donors (Lipinski definition) is 0. The minimum absolute atomic E-state index is 0.275. The second-order valence-electron chi connectivity index (χ2n) is 10.6. The molecule has 0 bridgehead atoms. The highest BCUT2D eigenvalue weighted by molar-refractivity contribution is 9.08. The molecule has 8 heteroatoms. The Morgan fingerprint density at radius 2 is 1.86 bits per heavy atom. The lowest BCUT2D eigenvalue weighted by Crippen LogP contribution is -2.15. The number of aromatic nitrogens is 3. The lowest BCUT2D eigenvalue weighted by molar-refractivity contribution is 0.0512. The van der Waals surface area contributed by atoms with E-state index < -0.39 is 0 Å². The number of carbonyl (C=O) groups excluding carboxylic acids is 1. The second-order valence-corrected chi connectivity index (χ2v) is 11.2. The highest BCUT2D eigenvalue weighted by Crippen LogP contribution is 2.39. The van der Waals surface area contributed by atoms with Gasteiger partial charge in [0.05, 0.1) is 36.7 Å². The number of esters is 1. The third-order valence-corrected chi connectivity index (χ3v) is 8.56. The van der Waals surface area contributed by atoms with Gasteiger partial charge in [0, 0.05) is 47.4 Å². The molecule has 7 nitrogen and oxygen atoms in total.